The highest BCUT2D eigenvalue weighted by Crippen LogP contribution is 2.45. The predicted molar refractivity (Wildman–Crippen MR) is 91.0 cm³/mol. The summed E-state index contributed by atoms with van der Waals surface area (Å²) in [5, 5.41) is -0.0394. The van der Waals surface area contributed by atoms with E-state index in [0.29, 0.717) is 9.50 Å². The van der Waals surface area contributed by atoms with Gasteiger partial charge in [0.15, 0.2) is 10.9 Å². The van der Waals surface area contributed by atoms with Gasteiger partial charge in [0.1, 0.15) is 11.3 Å². The summed E-state index contributed by atoms with van der Waals surface area (Å²) in [6, 6.07) is 10.3. The summed E-state index contributed by atoms with van der Waals surface area (Å²) in [6.45, 7) is 0. The molecule has 1 heterocycles. The molecule has 2 nitrogen and oxygen atoms in total. The Balaban J connectivity index is 2.25. The molecule has 3 aromatic rings. The summed E-state index contributed by atoms with van der Waals surface area (Å²) in [5.41, 5.74) is -0.854. The van der Waals surface area contributed by atoms with Gasteiger partial charge in [-0.25, -0.2) is 4.98 Å². The van der Waals surface area contributed by atoms with E-state index in [2.05, 4.69) is 20.9 Å². The monoisotopic (exact) mass is 435 g/mol. The Morgan fingerprint density at radius 3 is 2.29 bits per heavy atom. The number of halogens is 6. The molecule has 0 aliphatic heterocycles. The molecule has 0 spiro atoms. The second-order valence-electron chi connectivity index (χ2n) is 4.82. The number of benzene rings is 2. The molecule has 124 valence electrons. The van der Waals surface area contributed by atoms with Gasteiger partial charge in [-0.3, -0.25) is 0 Å². The number of aromatic nitrogens is 1. The molecule has 0 unspecified atom stereocenters. The summed E-state index contributed by atoms with van der Waals surface area (Å²) in [6.07, 6.45) is -4.67. The molecule has 0 saturated heterocycles. The topological polar surface area (TPSA) is 22.1 Å². The van der Waals surface area contributed by atoms with Crippen LogP contribution in [-0.4, -0.2) is 4.98 Å². The van der Waals surface area contributed by atoms with Gasteiger partial charge in [0.25, 0.3) is 0 Å². The third kappa shape index (κ3) is 3.45. The van der Waals surface area contributed by atoms with E-state index in [1.54, 1.807) is 6.07 Å². The maximum absolute atomic E-state index is 13.7. The van der Waals surface area contributed by atoms with Crippen molar-refractivity contribution in [2.75, 3.05) is 0 Å². The molecule has 0 bridgehead atoms. The minimum Gasteiger partial charge on any atom is -0.453 e. The molecule has 0 saturated carbocycles. The van der Waals surface area contributed by atoms with Crippen LogP contribution >= 0.6 is 39.1 Å². The SMILES string of the molecule is FC(F)(F)c1c(Oc2ccc(Cl)cc2)c(Cl)nc2ccc(Br)cc12. The molecule has 0 atom stereocenters. The molecule has 1 aromatic heterocycles. The van der Waals surface area contributed by atoms with Gasteiger partial charge in [-0.2, -0.15) is 13.2 Å². The van der Waals surface area contributed by atoms with E-state index >= 15 is 0 Å². The zero-order valence-electron chi connectivity index (χ0n) is 11.7. The van der Waals surface area contributed by atoms with Crippen LogP contribution in [-0.2, 0) is 6.18 Å². The number of nitrogens with zero attached hydrogens (tertiary/aromatic N) is 1. The van der Waals surface area contributed by atoms with Crippen LogP contribution in [0.25, 0.3) is 10.9 Å². The van der Waals surface area contributed by atoms with Crippen LogP contribution in [0.5, 0.6) is 11.5 Å². The first-order chi connectivity index (χ1) is 11.3. The second-order valence-corrected chi connectivity index (χ2v) is 6.53. The number of hydrogen-bond acceptors (Lipinski definition) is 2. The quantitative estimate of drug-likeness (QED) is 0.399. The molecule has 8 heteroatoms. The Morgan fingerprint density at radius 1 is 1.00 bits per heavy atom. The Labute approximate surface area is 153 Å². The number of fused-ring (bicyclic) bond motifs is 1. The first-order valence-electron chi connectivity index (χ1n) is 6.55. The minimum absolute atomic E-state index is 0.106. The fraction of sp³-hybridized carbons (Fsp3) is 0.0625. The molecule has 0 aliphatic rings. The highest BCUT2D eigenvalue weighted by Gasteiger charge is 2.38. The number of pyridine rings is 1. The van der Waals surface area contributed by atoms with Crippen molar-refractivity contribution in [3.8, 4) is 11.5 Å². The van der Waals surface area contributed by atoms with Gasteiger partial charge in [-0.05, 0) is 42.5 Å². The lowest BCUT2D eigenvalue weighted by Crippen LogP contribution is -2.09. The lowest BCUT2D eigenvalue weighted by Gasteiger charge is -2.17. The molecule has 0 aliphatic carbocycles. The zero-order chi connectivity index (χ0) is 17.5. The molecule has 0 N–H and O–H groups in total. The van der Waals surface area contributed by atoms with E-state index in [0.717, 1.165) is 0 Å². The van der Waals surface area contributed by atoms with Crippen molar-refractivity contribution in [3.63, 3.8) is 0 Å². The van der Waals surface area contributed by atoms with E-state index in [-0.39, 0.29) is 21.8 Å². The van der Waals surface area contributed by atoms with Crippen LogP contribution in [0.3, 0.4) is 0 Å². The number of alkyl halides is 3. The largest absolute Gasteiger partial charge is 0.453 e. The highest BCUT2D eigenvalue weighted by atomic mass is 79.9. The Hall–Kier alpha value is -1.50. The molecule has 24 heavy (non-hydrogen) atoms. The van der Waals surface area contributed by atoms with Crippen LogP contribution in [0.4, 0.5) is 13.2 Å². The first kappa shape index (κ1) is 17.3. The van der Waals surface area contributed by atoms with Crippen molar-refractivity contribution >= 4 is 50.0 Å². The molecule has 0 radical (unpaired) electrons. The average molecular weight is 437 g/mol. The third-order valence-corrected chi connectivity index (χ3v) is 4.18. The summed E-state index contributed by atoms with van der Waals surface area (Å²) in [5.74, 6) is -0.375. The standard InChI is InChI=1S/C16H7BrCl2F3NO/c17-8-1-6-12-11(7-8)13(16(20,21)22)14(15(19)23-12)24-10-4-2-9(18)3-5-10/h1-7H. The number of hydrogen-bond donors (Lipinski definition) is 0. The van der Waals surface area contributed by atoms with Crippen LogP contribution in [0, 0.1) is 0 Å². The van der Waals surface area contributed by atoms with Crippen LogP contribution in [0.2, 0.25) is 10.2 Å². The van der Waals surface area contributed by atoms with Crippen molar-refractivity contribution in [2.45, 2.75) is 6.18 Å². The van der Waals surface area contributed by atoms with Crippen LogP contribution in [0.15, 0.2) is 46.9 Å². The molecular formula is C16H7BrCl2F3NO. The Kier molecular flexibility index (Phi) is 4.64. The van der Waals surface area contributed by atoms with E-state index in [1.807, 2.05) is 0 Å². The number of ether oxygens (including phenoxy) is 1. The maximum atomic E-state index is 13.7. The van der Waals surface area contributed by atoms with Gasteiger partial charge in [0.05, 0.1) is 5.52 Å². The van der Waals surface area contributed by atoms with Crippen LogP contribution < -0.4 is 4.74 Å². The van der Waals surface area contributed by atoms with Crippen molar-refractivity contribution in [1.82, 2.24) is 4.98 Å². The molecular weight excluding hydrogens is 430 g/mol. The van der Waals surface area contributed by atoms with Crippen molar-refractivity contribution in [2.24, 2.45) is 0 Å². The zero-order valence-corrected chi connectivity index (χ0v) is 14.8. The maximum Gasteiger partial charge on any atom is 0.420 e. The van der Waals surface area contributed by atoms with E-state index in [4.69, 9.17) is 27.9 Å². The normalized spacial score (nSPS) is 11.8. The van der Waals surface area contributed by atoms with Crippen molar-refractivity contribution in [1.29, 1.82) is 0 Å². The van der Waals surface area contributed by atoms with Gasteiger partial charge in [0.2, 0.25) is 0 Å². The Bertz CT molecular complexity index is 914. The van der Waals surface area contributed by atoms with E-state index in [9.17, 15) is 13.2 Å². The molecule has 0 amide bonds. The highest BCUT2D eigenvalue weighted by molar-refractivity contribution is 9.10. The second kappa shape index (κ2) is 6.43. The smallest absolute Gasteiger partial charge is 0.420 e. The molecule has 2 aromatic carbocycles. The van der Waals surface area contributed by atoms with Crippen molar-refractivity contribution in [3.05, 3.63) is 62.7 Å². The van der Waals surface area contributed by atoms with Gasteiger partial charge in [0, 0.05) is 14.9 Å². The van der Waals surface area contributed by atoms with E-state index in [1.165, 1.54) is 36.4 Å². The molecule has 3 rings (SSSR count). The summed E-state index contributed by atoms with van der Waals surface area (Å²) in [7, 11) is 0. The number of rotatable bonds is 2. The third-order valence-electron chi connectivity index (χ3n) is 3.18. The van der Waals surface area contributed by atoms with Gasteiger partial charge >= 0.3 is 6.18 Å². The van der Waals surface area contributed by atoms with Gasteiger partial charge in [-0.15, -0.1) is 0 Å². The van der Waals surface area contributed by atoms with E-state index < -0.39 is 17.5 Å². The fourth-order valence-electron chi connectivity index (χ4n) is 2.18. The summed E-state index contributed by atoms with van der Waals surface area (Å²) in [4.78, 5) is 4.00. The van der Waals surface area contributed by atoms with Gasteiger partial charge < -0.3 is 4.74 Å². The lowest BCUT2D eigenvalue weighted by atomic mass is 10.1. The summed E-state index contributed by atoms with van der Waals surface area (Å²) >= 11 is 14.9. The molecule has 0 fully saturated rings. The average Bonchev–Trinajstić information content (AvgIpc) is 2.49. The first-order valence-corrected chi connectivity index (χ1v) is 8.10. The summed E-state index contributed by atoms with van der Waals surface area (Å²) < 4.78 is 46.8. The lowest BCUT2D eigenvalue weighted by molar-refractivity contribution is -0.137. The van der Waals surface area contributed by atoms with Gasteiger partial charge in [-0.1, -0.05) is 39.1 Å². The predicted octanol–water partition coefficient (Wildman–Crippen LogP) is 7.12. The minimum atomic E-state index is -4.67. The Morgan fingerprint density at radius 2 is 1.67 bits per heavy atom. The van der Waals surface area contributed by atoms with Crippen LogP contribution in [0.1, 0.15) is 5.56 Å². The van der Waals surface area contributed by atoms with Crippen molar-refractivity contribution < 1.29 is 17.9 Å². The fourth-order valence-corrected chi connectivity index (χ4v) is 2.89.